The second-order valence-electron chi connectivity index (χ2n) is 13.7. The number of para-hydroxylation sites is 1. The number of benzene rings is 1. The van der Waals surface area contributed by atoms with Crippen molar-refractivity contribution < 1.29 is 48.3 Å². The zero-order chi connectivity index (χ0) is 33.3. The fourth-order valence-electron chi connectivity index (χ4n) is 7.96. The predicted molar refractivity (Wildman–Crippen MR) is 166 cm³/mol. The fraction of sp³-hybridized carbons (Fsp3) is 0.647. The lowest BCUT2D eigenvalue weighted by Crippen LogP contribution is -2.70. The summed E-state index contributed by atoms with van der Waals surface area (Å²) < 4.78 is 18.3. The van der Waals surface area contributed by atoms with E-state index in [0.29, 0.717) is 18.8 Å². The van der Waals surface area contributed by atoms with Crippen LogP contribution in [0.3, 0.4) is 0 Å². The van der Waals surface area contributed by atoms with E-state index in [1.54, 1.807) is 6.20 Å². The molecule has 4 saturated heterocycles. The van der Waals surface area contributed by atoms with Crippen LogP contribution < -0.4 is 10.6 Å². The van der Waals surface area contributed by atoms with Gasteiger partial charge in [0.2, 0.25) is 23.9 Å². The maximum atomic E-state index is 12.8. The van der Waals surface area contributed by atoms with Crippen molar-refractivity contribution in [2.45, 2.75) is 109 Å². The number of esters is 1. The largest absolute Gasteiger partial charge is 0.480 e. The molecule has 2 aromatic rings. The van der Waals surface area contributed by atoms with Crippen molar-refractivity contribution in [1.82, 2.24) is 15.6 Å². The Morgan fingerprint density at radius 2 is 1.85 bits per heavy atom. The van der Waals surface area contributed by atoms with Crippen molar-refractivity contribution in [2.24, 2.45) is 23.7 Å². The van der Waals surface area contributed by atoms with Crippen LogP contribution in [0.15, 0.2) is 30.5 Å². The van der Waals surface area contributed by atoms with Crippen LogP contribution in [0.1, 0.15) is 77.7 Å². The molecular formula is C34H45N3O10. The van der Waals surface area contributed by atoms with Crippen LogP contribution in [0.5, 0.6) is 0 Å². The van der Waals surface area contributed by atoms with Crippen molar-refractivity contribution in [1.29, 1.82) is 0 Å². The minimum Gasteiger partial charge on any atom is -0.480 e. The number of H-pyrrole nitrogens is 1. The van der Waals surface area contributed by atoms with Crippen LogP contribution in [0.25, 0.3) is 10.9 Å². The summed E-state index contributed by atoms with van der Waals surface area (Å²) in [6.07, 6.45) is 3.94. The lowest BCUT2D eigenvalue weighted by Gasteiger charge is -2.59. The van der Waals surface area contributed by atoms with Gasteiger partial charge in [-0.15, -0.1) is 0 Å². The van der Waals surface area contributed by atoms with Gasteiger partial charge in [0, 0.05) is 61.2 Å². The van der Waals surface area contributed by atoms with Gasteiger partial charge in [-0.25, -0.2) is 14.6 Å². The molecule has 2 amide bonds. The van der Waals surface area contributed by atoms with Crippen molar-refractivity contribution in [2.75, 3.05) is 6.54 Å². The molecule has 13 heteroatoms. The predicted octanol–water partition coefficient (Wildman–Crippen LogP) is 3.71. The highest BCUT2D eigenvalue weighted by molar-refractivity contribution is 5.87. The maximum Gasteiger partial charge on any atom is 0.326 e. The number of carbonyl (C=O) groups excluding carboxylic acids is 3. The molecule has 1 saturated carbocycles. The summed E-state index contributed by atoms with van der Waals surface area (Å²) in [5.41, 5.74) is 0.940. The van der Waals surface area contributed by atoms with E-state index in [4.69, 9.17) is 24.0 Å². The molecular weight excluding hydrogens is 610 g/mol. The number of carbonyl (C=O) groups is 4. The first kappa shape index (κ1) is 33.4. The Morgan fingerprint density at radius 1 is 1.04 bits per heavy atom. The molecule has 1 aliphatic carbocycles. The normalized spacial score (nSPS) is 33.3. The Hall–Kier alpha value is -3.52. The third-order valence-electron chi connectivity index (χ3n) is 10.5. The molecule has 4 N–H and O–H groups in total. The minimum absolute atomic E-state index is 0.0164. The Balaban J connectivity index is 0.922. The molecule has 1 aromatic carbocycles. The average Bonchev–Trinajstić information content (AvgIpc) is 3.31. The number of hydrogen-bond acceptors (Lipinski definition) is 9. The number of nitrogens with one attached hydrogen (secondary N) is 3. The number of fused-ring (bicyclic) bond motifs is 3. The molecule has 13 nitrogen and oxygen atoms in total. The van der Waals surface area contributed by atoms with Crippen LogP contribution in [-0.4, -0.2) is 70.4 Å². The topological polar surface area (TPSA) is 175 Å². The van der Waals surface area contributed by atoms with Crippen molar-refractivity contribution in [3.05, 3.63) is 36.0 Å². The first-order valence-corrected chi connectivity index (χ1v) is 16.7. The second-order valence-corrected chi connectivity index (χ2v) is 13.7. The minimum atomic E-state index is -1.13. The van der Waals surface area contributed by atoms with Crippen LogP contribution >= 0.6 is 0 Å². The lowest BCUT2D eigenvalue weighted by atomic mass is 9.58. The quantitative estimate of drug-likeness (QED) is 0.150. The molecule has 1 spiro atoms. The summed E-state index contributed by atoms with van der Waals surface area (Å²) in [4.78, 5) is 64.6. The molecule has 9 atom stereocenters. The molecule has 1 aromatic heterocycles. The summed E-state index contributed by atoms with van der Waals surface area (Å²) in [5, 5.41) is 15.9. The van der Waals surface area contributed by atoms with Gasteiger partial charge in [-0.3, -0.25) is 14.4 Å². The van der Waals surface area contributed by atoms with Crippen molar-refractivity contribution in [3.63, 3.8) is 0 Å². The summed E-state index contributed by atoms with van der Waals surface area (Å²) in [6, 6.07) is 6.47. The average molecular weight is 656 g/mol. The second kappa shape index (κ2) is 13.5. The van der Waals surface area contributed by atoms with Crippen LogP contribution in [0.2, 0.25) is 0 Å². The van der Waals surface area contributed by atoms with E-state index in [0.717, 1.165) is 35.7 Å². The van der Waals surface area contributed by atoms with E-state index >= 15 is 0 Å². The van der Waals surface area contributed by atoms with Gasteiger partial charge in [-0.05, 0) is 56.1 Å². The standard InChI is InChI=1S/C34H45N3O10/c1-19-10-11-24-20(2)31(44-32-34(24)23(19)14-15-33(3,45-32)46-47-34)43-29(40)13-12-27(38)35-16-6-9-28(39)37-26(30(41)42)17-21-18-36-25-8-5-4-7-22(21)25/h4-5,7-8,18-20,23-24,26,31-32,36H,6,9-17H2,1-3H3,(H,35,38)(H,37,39)(H,41,42)/t19-,20+,23+,24+,26+,31-,32+,33+,34-/m1/s1. The highest BCUT2D eigenvalue weighted by atomic mass is 17.3. The van der Waals surface area contributed by atoms with Crippen LogP contribution in [0, 0.1) is 23.7 Å². The molecule has 5 heterocycles. The molecule has 0 unspecified atom stereocenters. The zero-order valence-corrected chi connectivity index (χ0v) is 27.1. The number of ether oxygens (including phenoxy) is 3. The molecule has 47 heavy (non-hydrogen) atoms. The monoisotopic (exact) mass is 655 g/mol. The fourth-order valence-corrected chi connectivity index (χ4v) is 7.96. The molecule has 2 bridgehead atoms. The molecule has 5 aliphatic rings. The van der Waals surface area contributed by atoms with E-state index in [1.807, 2.05) is 38.1 Å². The number of aromatic nitrogens is 1. The smallest absolute Gasteiger partial charge is 0.326 e. The third kappa shape index (κ3) is 6.76. The van der Waals surface area contributed by atoms with Gasteiger partial charge in [-0.2, -0.15) is 0 Å². The molecule has 5 fully saturated rings. The zero-order valence-electron chi connectivity index (χ0n) is 27.1. The van der Waals surface area contributed by atoms with Crippen molar-refractivity contribution >= 4 is 34.7 Å². The van der Waals surface area contributed by atoms with E-state index in [9.17, 15) is 24.3 Å². The summed E-state index contributed by atoms with van der Waals surface area (Å²) in [6.45, 7) is 6.26. The van der Waals surface area contributed by atoms with Gasteiger partial charge in [0.15, 0.2) is 11.9 Å². The van der Waals surface area contributed by atoms with Gasteiger partial charge < -0.3 is 34.9 Å². The molecule has 0 radical (unpaired) electrons. The molecule has 256 valence electrons. The lowest BCUT2D eigenvalue weighted by molar-refractivity contribution is -0.576. The number of aromatic amines is 1. The van der Waals surface area contributed by atoms with Crippen molar-refractivity contribution in [3.8, 4) is 0 Å². The van der Waals surface area contributed by atoms with E-state index in [-0.39, 0.29) is 55.9 Å². The number of aliphatic carboxylic acids is 1. The number of hydrogen-bond donors (Lipinski definition) is 4. The molecule has 4 aliphatic heterocycles. The van der Waals surface area contributed by atoms with Crippen LogP contribution in [0.4, 0.5) is 0 Å². The first-order valence-electron chi connectivity index (χ1n) is 16.7. The van der Waals surface area contributed by atoms with Gasteiger partial charge in [0.05, 0.1) is 6.42 Å². The van der Waals surface area contributed by atoms with Gasteiger partial charge in [-0.1, -0.05) is 32.0 Å². The Kier molecular flexibility index (Phi) is 9.62. The highest BCUT2D eigenvalue weighted by Gasteiger charge is 2.69. The number of carboxylic acids is 1. The van der Waals surface area contributed by atoms with Gasteiger partial charge in [0.1, 0.15) is 6.04 Å². The van der Waals surface area contributed by atoms with Crippen LogP contribution in [-0.2, 0) is 49.6 Å². The SMILES string of the molecule is C[C@@H]1[C@H](OC(=O)CCC(=O)NCCCC(=O)N[C@@H](Cc2c[nH]c3ccccc23)C(=O)O)O[C@H]2O[C@]3(C)CC[C@H]4[C@H](C)CC[C@@H]1[C@@]24OO3. The Bertz CT molecular complexity index is 1500. The van der Waals surface area contributed by atoms with E-state index < -0.39 is 47.9 Å². The third-order valence-corrected chi connectivity index (χ3v) is 10.5. The Labute approximate surface area is 273 Å². The first-order chi connectivity index (χ1) is 22.5. The number of rotatable bonds is 12. The summed E-state index contributed by atoms with van der Waals surface area (Å²) in [5.74, 6) is -2.91. The van der Waals surface area contributed by atoms with Gasteiger partial charge in [0.25, 0.3) is 0 Å². The number of amides is 2. The molecule has 7 rings (SSSR count). The van der Waals surface area contributed by atoms with E-state index in [1.165, 1.54) is 0 Å². The summed E-state index contributed by atoms with van der Waals surface area (Å²) in [7, 11) is 0. The number of carboxylic acid groups (broad SMARTS) is 1. The maximum absolute atomic E-state index is 12.8. The highest BCUT2D eigenvalue weighted by Crippen LogP contribution is 2.60. The van der Waals surface area contributed by atoms with E-state index in [2.05, 4.69) is 22.5 Å². The summed E-state index contributed by atoms with van der Waals surface area (Å²) >= 11 is 0. The Morgan fingerprint density at radius 3 is 2.66 bits per heavy atom. The van der Waals surface area contributed by atoms with Gasteiger partial charge >= 0.3 is 11.9 Å².